The van der Waals surface area contributed by atoms with E-state index >= 15 is 0 Å². The lowest BCUT2D eigenvalue weighted by Gasteiger charge is -2.14. The number of hydrogen-bond donors (Lipinski definition) is 1. The molecule has 1 aromatic carbocycles. The summed E-state index contributed by atoms with van der Waals surface area (Å²) in [5, 5.41) is 7.64. The van der Waals surface area contributed by atoms with Crippen molar-refractivity contribution in [2.24, 2.45) is 5.92 Å². The molecule has 0 aliphatic heterocycles. The number of amides is 1. The molecule has 1 aliphatic rings. The molecule has 0 saturated heterocycles. The summed E-state index contributed by atoms with van der Waals surface area (Å²) in [4.78, 5) is 23.7. The van der Waals surface area contributed by atoms with Crippen molar-refractivity contribution in [3.63, 3.8) is 0 Å². The van der Waals surface area contributed by atoms with Crippen LogP contribution in [0, 0.1) is 5.92 Å². The molecule has 20 heavy (non-hydrogen) atoms. The van der Waals surface area contributed by atoms with Crippen molar-refractivity contribution in [1.82, 2.24) is 15.1 Å². The van der Waals surface area contributed by atoms with Crippen molar-refractivity contribution in [3.8, 4) is 0 Å². The van der Waals surface area contributed by atoms with E-state index in [2.05, 4.69) is 10.4 Å². The molecule has 1 saturated carbocycles. The minimum absolute atomic E-state index is 0.0642. The fourth-order valence-electron chi connectivity index (χ4n) is 2.44. The van der Waals surface area contributed by atoms with Gasteiger partial charge < -0.3 is 5.32 Å². The highest BCUT2D eigenvalue weighted by Crippen LogP contribution is 2.32. The van der Waals surface area contributed by atoms with Gasteiger partial charge in [0, 0.05) is 11.4 Å². The second-order valence-electron chi connectivity index (χ2n) is 5.38. The van der Waals surface area contributed by atoms with Gasteiger partial charge in [-0.25, -0.2) is 0 Å². The average Bonchev–Trinajstić information content (AvgIpc) is 3.27. The molecule has 1 aliphatic carbocycles. The summed E-state index contributed by atoms with van der Waals surface area (Å²) in [5.74, 6) is 0.559. The Morgan fingerprint density at radius 3 is 2.95 bits per heavy atom. The van der Waals surface area contributed by atoms with Crippen LogP contribution in [0.3, 0.4) is 0 Å². The van der Waals surface area contributed by atoms with Crippen LogP contribution in [-0.4, -0.2) is 21.7 Å². The standard InChI is InChI=1S/C15H17N3O2/c1-10(11-6-7-11)17-15(20)9-18-13-5-3-2-4-12(13)14(19)8-16-18/h2-5,8,10-11H,6-7,9H2,1H3,(H,17,20)/t10-/m0/s1. The monoisotopic (exact) mass is 271 g/mol. The van der Waals surface area contributed by atoms with Gasteiger partial charge in [0.05, 0.1) is 11.7 Å². The number of fused-ring (bicyclic) bond motifs is 1. The van der Waals surface area contributed by atoms with Crippen LogP contribution in [0.4, 0.5) is 0 Å². The van der Waals surface area contributed by atoms with Crippen LogP contribution >= 0.6 is 0 Å². The van der Waals surface area contributed by atoms with E-state index in [0.717, 1.165) is 0 Å². The largest absolute Gasteiger partial charge is 0.352 e. The van der Waals surface area contributed by atoms with Crippen molar-refractivity contribution in [2.45, 2.75) is 32.4 Å². The summed E-state index contributed by atoms with van der Waals surface area (Å²) < 4.78 is 1.58. The fraction of sp³-hybridized carbons (Fsp3) is 0.400. The molecule has 104 valence electrons. The highest BCUT2D eigenvalue weighted by Gasteiger charge is 2.28. The summed E-state index contributed by atoms with van der Waals surface area (Å²) in [6, 6.07) is 7.42. The number of benzene rings is 1. The summed E-state index contributed by atoms with van der Waals surface area (Å²) in [6.07, 6.45) is 3.65. The summed E-state index contributed by atoms with van der Waals surface area (Å²) in [6.45, 7) is 2.17. The van der Waals surface area contributed by atoms with Crippen molar-refractivity contribution in [1.29, 1.82) is 0 Å². The number of rotatable bonds is 4. The van der Waals surface area contributed by atoms with Gasteiger partial charge in [-0.3, -0.25) is 14.3 Å². The number of carbonyl (C=O) groups excluding carboxylic acids is 1. The first kappa shape index (κ1) is 12.8. The first-order chi connectivity index (χ1) is 9.65. The second kappa shape index (κ2) is 5.07. The zero-order valence-electron chi connectivity index (χ0n) is 11.4. The van der Waals surface area contributed by atoms with E-state index in [0.29, 0.717) is 16.8 Å². The average molecular weight is 271 g/mol. The molecule has 1 atom stereocenters. The smallest absolute Gasteiger partial charge is 0.241 e. The molecule has 0 unspecified atom stereocenters. The van der Waals surface area contributed by atoms with Gasteiger partial charge in [0.2, 0.25) is 11.3 Å². The Labute approximate surface area is 116 Å². The maximum absolute atomic E-state index is 12.0. The number of para-hydroxylation sites is 1. The van der Waals surface area contributed by atoms with Gasteiger partial charge in [0.25, 0.3) is 0 Å². The molecule has 0 radical (unpaired) electrons. The van der Waals surface area contributed by atoms with Crippen LogP contribution < -0.4 is 10.7 Å². The lowest BCUT2D eigenvalue weighted by atomic mass is 10.2. The normalized spacial score (nSPS) is 16.1. The minimum atomic E-state index is -0.122. The lowest BCUT2D eigenvalue weighted by Crippen LogP contribution is -2.37. The number of nitrogens with one attached hydrogen (secondary N) is 1. The van der Waals surface area contributed by atoms with Gasteiger partial charge in [-0.2, -0.15) is 5.10 Å². The van der Waals surface area contributed by atoms with E-state index in [9.17, 15) is 9.59 Å². The molecule has 1 heterocycles. The number of hydrogen-bond acceptors (Lipinski definition) is 3. The van der Waals surface area contributed by atoms with Crippen LogP contribution in [0.2, 0.25) is 0 Å². The molecule has 3 rings (SSSR count). The topological polar surface area (TPSA) is 64.0 Å². The summed E-state index contributed by atoms with van der Waals surface area (Å²) in [7, 11) is 0. The van der Waals surface area contributed by atoms with Crippen molar-refractivity contribution in [2.75, 3.05) is 0 Å². The number of nitrogens with zero attached hydrogens (tertiary/aromatic N) is 2. The van der Waals surface area contributed by atoms with E-state index in [1.165, 1.54) is 19.0 Å². The zero-order valence-corrected chi connectivity index (χ0v) is 11.4. The van der Waals surface area contributed by atoms with Crippen molar-refractivity contribution < 1.29 is 4.79 Å². The van der Waals surface area contributed by atoms with E-state index in [-0.39, 0.29) is 23.9 Å². The molecule has 1 fully saturated rings. The SMILES string of the molecule is C[C@H](NC(=O)Cn1ncc(=O)c2ccccc21)C1CC1. The maximum Gasteiger partial charge on any atom is 0.241 e. The third-order valence-corrected chi connectivity index (χ3v) is 3.77. The van der Waals surface area contributed by atoms with Crippen molar-refractivity contribution >= 4 is 16.8 Å². The van der Waals surface area contributed by atoms with Gasteiger partial charge >= 0.3 is 0 Å². The van der Waals surface area contributed by atoms with E-state index in [1.807, 2.05) is 19.1 Å². The first-order valence-electron chi connectivity index (χ1n) is 6.89. The predicted molar refractivity (Wildman–Crippen MR) is 76.3 cm³/mol. The van der Waals surface area contributed by atoms with Gasteiger partial charge in [0.1, 0.15) is 6.54 Å². The highest BCUT2D eigenvalue weighted by atomic mass is 16.2. The first-order valence-corrected chi connectivity index (χ1v) is 6.89. The highest BCUT2D eigenvalue weighted by molar-refractivity contribution is 5.81. The number of aromatic nitrogens is 2. The van der Waals surface area contributed by atoms with Crippen LogP contribution in [0.25, 0.3) is 10.9 Å². The Morgan fingerprint density at radius 1 is 1.45 bits per heavy atom. The van der Waals surface area contributed by atoms with Crippen molar-refractivity contribution in [3.05, 3.63) is 40.7 Å². The molecule has 1 amide bonds. The van der Waals surface area contributed by atoms with E-state index in [4.69, 9.17) is 0 Å². The third kappa shape index (κ3) is 2.57. The molecular formula is C15H17N3O2. The summed E-state index contributed by atoms with van der Waals surface area (Å²) in [5.41, 5.74) is 0.567. The van der Waals surface area contributed by atoms with Gasteiger partial charge in [-0.1, -0.05) is 12.1 Å². The van der Waals surface area contributed by atoms with Gasteiger partial charge in [0.15, 0.2) is 0 Å². The lowest BCUT2D eigenvalue weighted by molar-refractivity contribution is -0.122. The Hall–Kier alpha value is -2.17. The molecule has 1 aromatic heterocycles. The van der Waals surface area contributed by atoms with Crippen LogP contribution in [-0.2, 0) is 11.3 Å². The Bertz CT molecular complexity index is 704. The molecular weight excluding hydrogens is 254 g/mol. The van der Waals surface area contributed by atoms with E-state index < -0.39 is 0 Å². The fourth-order valence-corrected chi connectivity index (χ4v) is 2.44. The minimum Gasteiger partial charge on any atom is -0.352 e. The third-order valence-electron chi connectivity index (χ3n) is 3.77. The molecule has 5 heteroatoms. The van der Waals surface area contributed by atoms with Crippen LogP contribution in [0.1, 0.15) is 19.8 Å². The molecule has 0 bridgehead atoms. The zero-order chi connectivity index (χ0) is 14.1. The number of carbonyl (C=O) groups is 1. The van der Waals surface area contributed by atoms with Gasteiger partial charge in [-0.15, -0.1) is 0 Å². The van der Waals surface area contributed by atoms with Crippen LogP contribution in [0.15, 0.2) is 35.3 Å². The quantitative estimate of drug-likeness (QED) is 0.912. The molecule has 0 spiro atoms. The summed E-state index contributed by atoms with van der Waals surface area (Å²) >= 11 is 0. The maximum atomic E-state index is 12.0. The predicted octanol–water partition coefficient (Wildman–Crippen LogP) is 1.31. The van der Waals surface area contributed by atoms with E-state index in [1.54, 1.807) is 16.8 Å². The van der Waals surface area contributed by atoms with Gasteiger partial charge in [-0.05, 0) is 37.8 Å². The molecule has 5 nitrogen and oxygen atoms in total. The molecule has 2 aromatic rings. The Kier molecular flexibility index (Phi) is 3.26. The molecule has 1 N–H and O–H groups in total. The second-order valence-corrected chi connectivity index (χ2v) is 5.38. The van der Waals surface area contributed by atoms with Crippen LogP contribution in [0.5, 0.6) is 0 Å². The Balaban J connectivity index is 1.82. The Morgan fingerprint density at radius 2 is 2.20 bits per heavy atom.